The van der Waals surface area contributed by atoms with Gasteiger partial charge in [0.15, 0.2) is 11.5 Å². The van der Waals surface area contributed by atoms with Crippen LogP contribution in [-0.2, 0) is 19.7 Å². The van der Waals surface area contributed by atoms with Crippen molar-refractivity contribution in [2.24, 2.45) is 5.92 Å². The monoisotopic (exact) mass is 360 g/mol. The molecule has 0 amide bonds. The summed E-state index contributed by atoms with van der Waals surface area (Å²) in [5, 5.41) is 0. The second kappa shape index (κ2) is 8.11. The second-order valence-corrected chi connectivity index (χ2v) is 7.46. The summed E-state index contributed by atoms with van der Waals surface area (Å²) in [6.45, 7) is 0. The molecule has 2 aliphatic carbocycles. The molecule has 5 heteroatoms. The molecule has 3 rings (SSSR count). The molecule has 142 valence electrons. The van der Waals surface area contributed by atoms with Crippen molar-refractivity contribution in [1.29, 1.82) is 0 Å². The van der Waals surface area contributed by atoms with E-state index in [9.17, 15) is 9.59 Å². The first-order valence-corrected chi connectivity index (χ1v) is 9.51. The molecule has 0 bridgehead atoms. The molecule has 0 spiro atoms. The van der Waals surface area contributed by atoms with Gasteiger partial charge in [-0.15, -0.1) is 0 Å². The number of ether oxygens (including phenoxy) is 3. The third-order valence-corrected chi connectivity index (χ3v) is 5.97. The molecule has 2 aliphatic rings. The Morgan fingerprint density at radius 1 is 1.08 bits per heavy atom. The summed E-state index contributed by atoms with van der Waals surface area (Å²) < 4.78 is 16.5. The summed E-state index contributed by atoms with van der Waals surface area (Å²) in [7, 11) is 3.05. The summed E-state index contributed by atoms with van der Waals surface area (Å²) in [5.74, 6) is 1.13. The minimum atomic E-state index is -0.565. The van der Waals surface area contributed by atoms with Crippen molar-refractivity contribution in [3.63, 3.8) is 0 Å². The van der Waals surface area contributed by atoms with E-state index >= 15 is 0 Å². The van der Waals surface area contributed by atoms with Gasteiger partial charge in [-0.1, -0.05) is 6.07 Å². The average molecular weight is 360 g/mol. The van der Waals surface area contributed by atoms with E-state index in [1.165, 1.54) is 20.0 Å². The quantitative estimate of drug-likeness (QED) is 0.570. The molecular weight excluding hydrogens is 332 g/mol. The van der Waals surface area contributed by atoms with E-state index in [0.717, 1.165) is 24.7 Å². The SMILES string of the molecule is COC(=O)C1CCC(C=O)(c2ccc(OC)c(OC3CCCC3)c2)CC1. The standard InChI is InChI=1S/C21H28O5/c1-24-18-8-7-16(13-19(18)26-17-5-3-4-6-17)21(14-22)11-9-15(10-12-21)20(23)25-2/h7-8,13-15,17H,3-6,9-12H2,1-2H3. The van der Waals surface area contributed by atoms with Crippen LogP contribution in [0.4, 0.5) is 0 Å². The number of methoxy groups -OCH3 is 2. The Bertz CT molecular complexity index is 640. The predicted octanol–water partition coefficient (Wildman–Crippen LogP) is 3.82. The molecule has 2 saturated carbocycles. The number of hydrogen-bond acceptors (Lipinski definition) is 5. The maximum absolute atomic E-state index is 12.1. The fourth-order valence-corrected chi connectivity index (χ4v) is 4.27. The van der Waals surface area contributed by atoms with E-state index in [1.807, 2.05) is 18.2 Å². The molecule has 0 saturated heterocycles. The predicted molar refractivity (Wildman–Crippen MR) is 97.6 cm³/mol. The van der Waals surface area contributed by atoms with Gasteiger partial charge >= 0.3 is 5.97 Å². The lowest BCUT2D eigenvalue weighted by Crippen LogP contribution is -2.35. The van der Waals surface area contributed by atoms with Gasteiger partial charge in [0, 0.05) is 0 Å². The summed E-state index contributed by atoms with van der Waals surface area (Å²) >= 11 is 0. The Labute approximate surface area is 155 Å². The van der Waals surface area contributed by atoms with Crippen LogP contribution in [0.15, 0.2) is 18.2 Å². The molecule has 0 aliphatic heterocycles. The van der Waals surface area contributed by atoms with Gasteiger partial charge in [-0.3, -0.25) is 4.79 Å². The highest BCUT2D eigenvalue weighted by Gasteiger charge is 2.39. The zero-order valence-electron chi connectivity index (χ0n) is 15.7. The molecule has 0 N–H and O–H groups in total. The Hall–Kier alpha value is -2.04. The van der Waals surface area contributed by atoms with Crippen LogP contribution in [0.1, 0.15) is 56.9 Å². The molecule has 0 atom stereocenters. The first kappa shape index (κ1) is 18.7. The minimum Gasteiger partial charge on any atom is -0.493 e. The number of benzene rings is 1. The smallest absolute Gasteiger partial charge is 0.308 e. The van der Waals surface area contributed by atoms with Crippen LogP contribution in [0, 0.1) is 5.92 Å². The maximum Gasteiger partial charge on any atom is 0.308 e. The molecule has 0 aromatic heterocycles. The van der Waals surface area contributed by atoms with Crippen molar-refractivity contribution in [3.05, 3.63) is 23.8 Å². The zero-order valence-corrected chi connectivity index (χ0v) is 15.7. The highest BCUT2D eigenvalue weighted by atomic mass is 16.5. The first-order valence-electron chi connectivity index (χ1n) is 9.51. The van der Waals surface area contributed by atoms with Gasteiger partial charge < -0.3 is 19.0 Å². The fraction of sp³-hybridized carbons (Fsp3) is 0.619. The van der Waals surface area contributed by atoms with Gasteiger partial charge in [0.1, 0.15) is 6.29 Å². The van der Waals surface area contributed by atoms with Gasteiger partial charge in [0.05, 0.1) is 31.7 Å². The van der Waals surface area contributed by atoms with E-state index < -0.39 is 5.41 Å². The summed E-state index contributed by atoms with van der Waals surface area (Å²) in [5.41, 5.74) is 0.384. The lowest BCUT2D eigenvalue weighted by Gasteiger charge is -2.35. The number of rotatable bonds is 6. The summed E-state index contributed by atoms with van der Waals surface area (Å²) in [4.78, 5) is 23.8. The summed E-state index contributed by atoms with van der Waals surface area (Å²) in [6.07, 6.45) is 8.39. The molecule has 5 nitrogen and oxygen atoms in total. The van der Waals surface area contributed by atoms with Gasteiger partial charge in [-0.2, -0.15) is 0 Å². The number of esters is 1. The molecule has 0 heterocycles. The van der Waals surface area contributed by atoms with Crippen LogP contribution in [0.25, 0.3) is 0 Å². The van der Waals surface area contributed by atoms with Crippen LogP contribution in [0.5, 0.6) is 11.5 Å². The van der Waals surface area contributed by atoms with E-state index in [0.29, 0.717) is 37.2 Å². The number of carbonyl (C=O) groups excluding carboxylic acids is 2. The Balaban J connectivity index is 1.82. The molecular formula is C21H28O5. The number of carbonyl (C=O) groups is 2. The fourth-order valence-electron chi connectivity index (χ4n) is 4.27. The topological polar surface area (TPSA) is 61.8 Å². The van der Waals surface area contributed by atoms with Crippen LogP contribution >= 0.6 is 0 Å². The van der Waals surface area contributed by atoms with Gasteiger partial charge in [0.25, 0.3) is 0 Å². The largest absolute Gasteiger partial charge is 0.493 e. The van der Waals surface area contributed by atoms with E-state index in [-0.39, 0.29) is 18.0 Å². The number of hydrogen-bond donors (Lipinski definition) is 0. The van der Waals surface area contributed by atoms with Crippen molar-refractivity contribution in [2.75, 3.05) is 14.2 Å². The third kappa shape index (κ3) is 3.71. The van der Waals surface area contributed by atoms with E-state index in [4.69, 9.17) is 14.2 Å². The van der Waals surface area contributed by atoms with Crippen LogP contribution < -0.4 is 9.47 Å². The number of aldehydes is 1. The molecule has 0 unspecified atom stereocenters. The second-order valence-electron chi connectivity index (χ2n) is 7.46. The highest BCUT2D eigenvalue weighted by Crippen LogP contribution is 2.43. The molecule has 26 heavy (non-hydrogen) atoms. The Morgan fingerprint density at radius 2 is 1.77 bits per heavy atom. The van der Waals surface area contributed by atoms with E-state index in [1.54, 1.807) is 7.11 Å². The normalized spacial score (nSPS) is 26.3. The Kier molecular flexibility index (Phi) is 5.84. The first-order chi connectivity index (χ1) is 12.6. The van der Waals surface area contributed by atoms with E-state index in [2.05, 4.69) is 0 Å². The van der Waals surface area contributed by atoms with Crippen molar-refractivity contribution < 1.29 is 23.8 Å². The van der Waals surface area contributed by atoms with Crippen molar-refractivity contribution in [2.45, 2.75) is 62.9 Å². The van der Waals surface area contributed by atoms with Crippen molar-refractivity contribution in [1.82, 2.24) is 0 Å². The maximum atomic E-state index is 12.1. The van der Waals surface area contributed by atoms with Crippen LogP contribution in [0.2, 0.25) is 0 Å². The van der Waals surface area contributed by atoms with Gasteiger partial charge in [-0.05, 0) is 69.1 Å². The molecule has 0 radical (unpaired) electrons. The molecule has 2 fully saturated rings. The van der Waals surface area contributed by atoms with Crippen LogP contribution in [-0.4, -0.2) is 32.6 Å². The third-order valence-electron chi connectivity index (χ3n) is 5.97. The molecule has 1 aromatic carbocycles. The highest BCUT2D eigenvalue weighted by molar-refractivity contribution is 5.74. The minimum absolute atomic E-state index is 0.111. The van der Waals surface area contributed by atoms with Crippen molar-refractivity contribution in [3.8, 4) is 11.5 Å². The van der Waals surface area contributed by atoms with Gasteiger partial charge in [0.2, 0.25) is 0 Å². The molecule has 1 aromatic rings. The van der Waals surface area contributed by atoms with Crippen LogP contribution in [0.3, 0.4) is 0 Å². The zero-order chi connectivity index (χ0) is 18.6. The lowest BCUT2D eigenvalue weighted by atomic mass is 9.67. The Morgan fingerprint density at radius 3 is 2.35 bits per heavy atom. The average Bonchev–Trinajstić information content (AvgIpc) is 3.20. The van der Waals surface area contributed by atoms with Gasteiger partial charge in [-0.25, -0.2) is 0 Å². The lowest BCUT2D eigenvalue weighted by molar-refractivity contribution is -0.147. The summed E-state index contributed by atoms with van der Waals surface area (Å²) in [6, 6.07) is 5.80. The van der Waals surface area contributed by atoms with Crippen molar-refractivity contribution >= 4 is 12.3 Å².